The Hall–Kier alpha value is -2.48. The van der Waals surface area contributed by atoms with Gasteiger partial charge in [0.05, 0.1) is 10.5 Å². The molecule has 2 aromatic carbocycles. The normalized spacial score (nSPS) is 18.3. The average molecular weight is 454 g/mol. The molecule has 1 N–H and O–H groups in total. The van der Waals surface area contributed by atoms with E-state index < -0.39 is 6.10 Å². The molecule has 168 valence electrons. The van der Waals surface area contributed by atoms with Gasteiger partial charge in [0.1, 0.15) is 11.6 Å². The minimum atomic E-state index is -0.928. The molecule has 3 aromatic rings. The molecule has 7 nitrogen and oxygen atoms in total. The lowest BCUT2D eigenvalue weighted by atomic mass is 10.0. The second-order valence-corrected chi connectivity index (χ2v) is 9.36. The van der Waals surface area contributed by atoms with E-state index in [4.69, 9.17) is 11.6 Å². The first-order valence-electron chi connectivity index (χ1n) is 11.3. The van der Waals surface area contributed by atoms with Gasteiger partial charge in [-0.15, -0.1) is 5.10 Å². The molecule has 1 atom stereocenters. The van der Waals surface area contributed by atoms with Gasteiger partial charge in [0.15, 0.2) is 0 Å². The maximum atomic E-state index is 11.9. The van der Waals surface area contributed by atoms with E-state index in [-0.39, 0.29) is 5.91 Å². The summed E-state index contributed by atoms with van der Waals surface area (Å²) in [5.74, 6) is 0.544. The van der Waals surface area contributed by atoms with Crippen molar-refractivity contribution in [3.05, 3.63) is 47.0 Å². The summed E-state index contributed by atoms with van der Waals surface area (Å²) in [6.45, 7) is 6.19. The van der Waals surface area contributed by atoms with Gasteiger partial charge in [-0.25, -0.2) is 4.68 Å². The lowest BCUT2D eigenvalue weighted by molar-refractivity contribution is -0.141. The first-order valence-corrected chi connectivity index (χ1v) is 11.7. The first-order chi connectivity index (χ1) is 15.5. The smallest absolute Gasteiger partial charge is 0.251 e. The van der Waals surface area contributed by atoms with E-state index in [9.17, 15) is 9.90 Å². The molecule has 0 radical (unpaired) electrons. The summed E-state index contributed by atoms with van der Waals surface area (Å²) in [7, 11) is 0. The van der Waals surface area contributed by atoms with Crippen molar-refractivity contribution in [2.75, 3.05) is 26.2 Å². The zero-order chi connectivity index (χ0) is 22.2. The molecule has 1 saturated carbocycles. The van der Waals surface area contributed by atoms with Crippen LogP contribution in [0, 0.1) is 5.92 Å². The van der Waals surface area contributed by atoms with Gasteiger partial charge in [-0.3, -0.25) is 9.69 Å². The molecule has 1 aromatic heterocycles. The molecular formula is C24H28ClN5O2. The van der Waals surface area contributed by atoms with Crippen LogP contribution < -0.4 is 0 Å². The van der Waals surface area contributed by atoms with Gasteiger partial charge >= 0.3 is 0 Å². The fourth-order valence-corrected chi connectivity index (χ4v) is 4.65. The van der Waals surface area contributed by atoms with Crippen molar-refractivity contribution < 1.29 is 9.90 Å². The van der Waals surface area contributed by atoms with Gasteiger partial charge in [-0.05, 0) is 42.9 Å². The monoisotopic (exact) mass is 453 g/mol. The fraction of sp³-hybridized carbons (Fsp3) is 0.458. The van der Waals surface area contributed by atoms with E-state index in [1.54, 1.807) is 4.90 Å². The van der Waals surface area contributed by atoms with Crippen LogP contribution in [0.5, 0.6) is 0 Å². The van der Waals surface area contributed by atoms with Crippen molar-refractivity contribution in [2.24, 2.45) is 5.92 Å². The number of hydrogen-bond acceptors (Lipinski definition) is 5. The highest BCUT2D eigenvalue weighted by molar-refractivity contribution is 6.37. The second-order valence-electron chi connectivity index (χ2n) is 8.98. The predicted octanol–water partition coefficient (Wildman–Crippen LogP) is 3.19. The van der Waals surface area contributed by atoms with Gasteiger partial charge < -0.3 is 10.0 Å². The predicted molar refractivity (Wildman–Crippen MR) is 124 cm³/mol. The van der Waals surface area contributed by atoms with Crippen LogP contribution in [0.4, 0.5) is 0 Å². The number of carbonyl (C=O) groups excluding carboxylic acids is 1. The van der Waals surface area contributed by atoms with Gasteiger partial charge in [-0.2, -0.15) is 0 Å². The maximum Gasteiger partial charge on any atom is 0.251 e. The number of amides is 1. The topological polar surface area (TPSA) is 74.5 Å². The summed E-state index contributed by atoms with van der Waals surface area (Å²) in [6, 6.07) is 12.6. The van der Waals surface area contributed by atoms with Crippen molar-refractivity contribution in [3.8, 4) is 11.1 Å². The number of aliphatic hydroxyl groups is 1. The Morgan fingerprint density at radius 3 is 2.50 bits per heavy atom. The number of benzene rings is 2. The van der Waals surface area contributed by atoms with E-state index in [0.29, 0.717) is 18.1 Å². The Labute approximate surface area is 192 Å². The second kappa shape index (κ2) is 8.81. The van der Waals surface area contributed by atoms with E-state index in [2.05, 4.69) is 51.6 Å². The van der Waals surface area contributed by atoms with Gasteiger partial charge in [-0.1, -0.05) is 47.1 Å². The van der Waals surface area contributed by atoms with Crippen LogP contribution >= 0.6 is 11.6 Å². The molecule has 32 heavy (non-hydrogen) atoms. The molecule has 0 bridgehead atoms. The standard InChI is InChI=1S/C24H28ClN5O2/c1-16(31)24(32)29-12-10-28(11-13-29)14-17-4-6-19(7-5-17)20-8-9-21-23(22(20)25)26-27-30(21)15-18-2-3-18/h4-9,16,18,31H,2-3,10-15H2,1H3. The Bertz CT molecular complexity index is 1120. The van der Waals surface area contributed by atoms with Crippen molar-refractivity contribution >= 4 is 28.5 Å². The quantitative estimate of drug-likeness (QED) is 0.620. The Kier molecular flexibility index (Phi) is 5.88. The van der Waals surface area contributed by atoms with Crippen LogP contribution in [0.3, 0.4) is 0 Å². The minimum absolute atomic E-state index is 0.185. The average Bonchev–Trinajstić information content (AvgIpc) is 3.53. The molecule has 0 spiro atoms. The van der Waals surface area contributed by atoms with Gasteiger partial charge in [0, 0.05) is 44.8 Å². The van der Waals surface area contributed by atoms with E-state index >= 15 is 0 Å². The number of rotatable bonds is 6. The molecule has 1 unspecified atom stereocenters. The number of nitrogens with zero attached hydrogens (tertiary/aromatic N) is 5. The molecule has 1 amide bonds. The van der Waals surface area contributed by atoms with Crippen LogP contribution in [-0.2, 0) is 17.9 Å². The summed E-state index contributed by atoms with van der Waals surface area (Å²) in [6.07, 6.45) is 1.62. The molecule has 2 fully saturated rings. The van der Waals surface area contributed by atoms with Crippen LogP contribution in [0.15, 0.2) is 36.4 Å². The van der Waals surface area contributed by atoms with E-state index in [1.807, 2.05) is 4.68 Å². The number of hydrogen-bond donors (Lipinski definition) is 1. The molecule has 2 aliphatic rings. The number of piperazine rings is 1. The molecule has 1 aliphatic carbocycles. The third kappa shape index (κ3) is 4.37. The first kappa shape index (κ1) is 21.4. The third-order valence-corrected chi connectivity index (χ3v) is 6.85. The molecule has 1 saturated heterocycles. The molecule has 2 heterocycles. The number of halogens is 1. The highest BCUT2D eigenvalue weighted by Gasteiger charge is 2.25. The number of aliphatic hydroxyl groups excluding tert-OH is 1. The molecule has 1 aliphatic heterocycles. The summed E-state index contributed by atoms with van der Waals surface area (Å²) in [5.41, 5.74) is 5.00. The highest BCUT2D eigenvalue weighted by atomic mass is 35.5. The Morgan fingerprint density at radius 2 is 1.84 bits per heavy atom. The SMILES string of the molecule is CC(O)C(=O)N1CCN(Cc2ccc(-c3ccc4c(nnn4CC4CC4)c3Cl)cc2)CC1. The van der Waals surface area contributed by atoms with Crippen LogP contribution in [0.2, 0.25) is 5.02 Å². The Balaban J connectivity index is 1.25. The number of carbonyl (C=O) groups is 1. The zero-order valence-electron chi connectivity index (χ0n) is 18.2. The summed E-state index contributed by atoms with van der Waals surface area (Å²) in [5, 5.41) is 18.8. The number of aromatic nitrogens is 3. The fourth-order valence-electron chi connectivity index (χ4n) is 4.35. The summed E-state index contributed by atoms with van der Waals surface area (Å²) in [4.78, 5) is 16.0. The van der Waals surface area contributed by atoms with Gasteiger partial charge in [0.2, 0.25) is 0 Å². The largest absolute Gasteiger partial charge is 0.384 e. The third-order valence-electron chi connectivity index (χ3n) is 6.47. The van der Waals surface area contributed by atoms with Crippen molar-refractivity contribution in [3.63, 3.8) is 0 Å². The minimum Gasteiger partial charge on any atom is -0.384 e. The summed E-state index contributed by atoms with van der Waals surface area (Å²) >= 11 is 6.72. The molecule has 5 rings (SSSR count). The Morgan fingerprint density at radius 1 is 1.12 bits per heavy atom. The lowest BCUT2D eigenvalue weighted by Gasteiger charge is -2.35. The van der Waals surface area contributed by atoms with Crippen molar-refractivity contribution in [2.45, 2.75) is 39.0 Å². The van der Waals surface area contributed by atoms with E-state index in [1.165, 1.54) is 25.3 Å². The molecule has 8 heteroatoms. The summed E-state index contributed by atoms with van der Waals surface area (Å²) < 4.78 is 1.97. The maximum absolute atomic E-state index is 11.9. The van der Waals surface area contributed by atoms with Crippen LogP contribution in [-0.4, -0.2) is 68.1 Å². The van der Waals surface area contributed by atoms with Crippen LogP contribution in [0.25, 0.3) is 22.2 Å². The van der Waals surface area contributed by atoms with Crippen molar-refractivity contribution in [1.29, 1.82) is 0 Å². The lowest BCUT2D eigenvalue weighted by Crippen LogP contribution is -2.50. The number of fused-ring (bicyclic) bond motifs is 1. The zero-order valence-corrected chi connectivity index (χ0v) is 19.0. The van der Waals surface area contributed by atoms with Gasteiger partial charge in [0.25, 0.3) is 5.91 Å². The molecular weight excluding hydrogens is 426 g/mol. The highest BCUT2D eigenvalue weighted by Crippen LogP contribution is 2.35. The van der Waals surface area contributed by atoms with E-state index in [0.717, 1.165) is 54.3 Å². The van der Waals surface area contributed by atoms with Crippen LogP contribution in [0.1, 0.15) is 25.3 Å². The van der Waals surface area contributed by atoms with Crippen molar-refractivity contribution in [1.82, 2.24) is 24.8 Å².